The predicted octanol–water partition coefficient (Wildman–Crippen LogP) is 2.52. The lowest BCUT2D eigenvalue weighted by molar-refractivity contribution is 0.128. The maximum atomic E-state index is 5.19. The van der Waals surface area contributed by atoms with Crippen molar-refractivity contribution < 1.29 is 4.74 Å². The average molecular weight is 230 g/mol. The van der Waals surface area contributed by atoms with E-state index in [9.17, 15) is 0 Å². The third kappa shape index (κ3) is 13.9. The summed E-state index contributed by atoms with van der Waals surface area (Å²) in [5.74, 6) is 0. The molecular formula is C13H30N2O. The first kappa shape index (κ1) is 15.9. The van der Waals surface area contributed by atoms with Crippen LogP contribution in [0.3, 0.4) is 0 Å². The van der Waals surface area contributed by atoms with E-state index in [2.05, 4.69) is 17.6 Å². The molecule has 98 valence electrons. The quantitative estimate of drug-likeness (QED) is 0.377. The highest BCUT2D eigenvalue weighted by Gasteiger charge is 1.91. The average Bonchev–Trinajstić information content (AvgIpc) is 2.31. The maximum Gasteiger partial charge on any atom is 0.0965 e. The number of rotatable bonds is 13. The van der Waals surface area contributed by atoms with Gasteiger partial charge in [0, 0.05) is 6.61 Å². The van der Waals surface area contributed by atoms with Crippen LogP contribution in [0.4, 0.5) is 0 Å². The molecule has 2 N–H and O–H groups in total. The molecule has 0 saturated carbocycles. The molecule has 0 aromatic carbocycles. The molecule has 0 aromatic rings. The molecule has 0 amide bonds. The fraction of sp³-hybridized carbons (Fsp3) is 1.00. The van der Waals surface area contributed by atoms with E-state index in [4.69, 9.17) is 4.74 Å². The number of hydrogen-bond acceptors (Lipinski definition) is 3. The Morgan fingerprint density at radius 3 is 2.00 bits per heavy atom. The van der Waals surface area contributed by atoms with Crippen LogP contribution in [0.15, 0.2) is 0 Å². The fourth-order valence-electron chi connectivity index (χ4n) is 1.53. The van der Waals surface area contributed by atoms with Gasteiger partial charge in [0.25, 0.3) is 0 Å². The smallest absolute Gasteiger partial charge is 0.0965 e. The summed E-state index contributed by atoms with van der Waals surface area (Å²) in [5, 5.41) is 6.74. The van der Waals surface area contributed by atoms with Gasteiger partial charge in [0.2, 0.25) is 0 Å². The van der Waals surface area contributed by atoms with Crippen molar-refractivity contribution in [1.29, 1.82) is 0 Å². The molecule has 0 spiro atoms. The Balaban J connectivity index is 2.83. The molecule has 0 aromatic heterocycles. The van der Waals surface area contributed by atoms with E-state index in [1.165, 1.54) is 51.6 Å². The van der Waals surface area contributed by atoms with Gasteiger partial charge in [0.15, 0.2) is 0 Å². The minimum Gasteiger partial charge on any atom is -0.367 e. The molecule has 3 heteroatoms. The highest BCUT2D eigenvalue weighted by Crippen LogP contribution is 1.97. The van der Waals surface area contributed by atoms with E-state index in [0.29, 0.717) is 6.73 Å². The largest absolute Gasteiger partial charge is 0.367 e. The van der Waals surface area contributed by atoms with Gasteiger partial charge in [-0.25, -0.2) is 0 Å². The molecule has 0 heterocycles. The normalized spacial score (nSPS) is 10.9. The van der Waals surface area contributed by atoms with Crippen molar-refractivity contribution >= 4 is 0 Å². The topological polar surface area (TPSA) is 33.3 Å². The van der Waals surface area contributed by atoms with Gasteiger partial charge < -0.3 is 10.1 Å². The minimum atomic E-state index is 0.703. The fourth-order valence-corrected chi connectivity index (χ4v) is 1.53. The van der Waals surface area contributed by atoms with Gasteiger partial charge in [0.05, 0.1) is 6.73 Å². The van der Waals surface area contributed by atoms with E-state index < -0.39 is 0 Å². The van der Waals surface area contributed by atoms with Crippen molar-refractivity contribution in [2.45, 2.75) is 52.4 Å². The molecule has 0 saturated heterocycles. The summed E-state index contributed by atoms with van der Waals surface area (Å²) in [4.78, 5) is 0. The SMILES string of the molecule is CCCCNCCCCCCNCOCC. The van der Waals surface area contributed by atoms with Gasteiger partial charge >= 0.3 is 0 Å². The second-order valence-corrected chi connectivity index (χ2v) is 4.15. The second-order valence-electron chi connectivity index (χ2n) is 4.15. The molecule has 0 aliphatic rings. The van der Waals surface area contributed by atoms with Crippen LogP contribution in [0.5, 0.6) is 0 Å². The maximum absolute atomic E-state index is 5.19. The Kier molecular flexibility index (Phi) is 14.8. The number of unbranched alkanes of at least 4 members (excludes halogenated alkanes) is 4. The van der Waals surface area contributed by atoms with Crippen molar-refractivity contribution in [1.82, 2.24) is 10.6 Å². The summed E-state index contributed by atoms with van der Waals surface area (Å²) < 4.78 is 5.19. The van der Waals surface area contributed by atoms with E-state index in [1.54, 1.807) is 0 Å². The first-order valence-corrected chi connectivity index (χ1v) is 6.91. The van der Waals surface area contributed by atoms with Crippen LogP contribution < -0.4 is 10.6 Å². The van der Waals surface area contributed by atoms with Crippen LogP contribution in [-0.4, -0.2) is 33.0 Å². The molecule has 0 fully saturated rings. The van der Waals surface area contributed by atoms with Gasteiger partial charge in [-0.1, -0.05) is 26.2 Å². The van der Waals surface area contributed by atoms with E-state index in [0.717, 1.165) is 13.2 Å². The van der Waals surface area contributed by atoms with E-state index >= 15 is 0 Å². The van der Waals surface area contributed by atoms with Gasteiger partial charge in [-0.3, -0.25) is 5.32 Å². The summed E-state index contributed by atoms with van der Waals surface area (Å²) in [7, 11) is 0. The summed E-state index contributed by atoms with van der Waals surface area (Å²) in [6, 6.07) is 0. The molecule has 0 unspecified atom stereocenters. The molecular weight excluding hydrogens is 200 g/mol. The monoisotopic (exact) mass is 230 g/mol. The summed E-state index contributed by atoms with van der Waals surface area (Å²) in [6.45, 7) is 9.22. The lowest BCUT2D eigenvalue weighted by atomic mass is 10.2. The summed E-state index contributed by atoms with van der Waals surface area (Å²) in [5.41, 5.74) is 0. The van der Waals surface area contributed by atoms with Crippen LogP contribution in [0.25, 0.3) is 0 Å². The zero-order chi connectivity index (χ0) is 11.9. The third-order valence-electron chi connectivity index (χ3n) is 2.57. The Hall–Kier alpha value is -0.120. The number of ether oxygens (including phenoxy) is 1. The Labute approximate surface area is 101 Å². The summed E-state index contributed by atoms with van der Waals surface area (Å²) in [6.07, 6.45) is 7.85. The highest BCUT2D eigenvalue weighted by atomic mass is 16.5. The first-order valence-electron chi connectivity index (χ1n) is 6.91. The van der Waals surface area contributed by atoms with Crippen LogP contribution in [0.1, 0.15) is 52.4 Å². The Morgan fingerprint density at radius 2 is 1.38 bits per heavy atom. The number of nitrogens with one attached hydrogen (secondary N) is 2. The third-order valence-corrected chi connectivity index (χ3v) is 2.57. The van der Waals surface area contributed by atoms with Crippen LogP contribution >= 0.6 is 0 Å². The van der Waals surface area contributed by atoms with Crippen molar-refractivity contribution in [2.24, 2.45) is 0 Å². The molecule has 3 nitrogen and oxygen atoms in total. The first-order chi connectivity index (χ1) is 7.91. The molecule has 0 atom stereocenters. The van der Waals surface area contributed by atoms with Crippen LogP contribution in [0.2, 0.25) is 0 Å². The van der Waals surface area contributed by atoms with Crippen LogP contribution in [-0.2, 0) is 4.74 Å². The van der Waals surface area contributed by atoms with Crippen molar-refractivity contribution in [3.63, 3.8) is 0 Å². The summed E-state index contributed by atoms with van der Waals surface area (Å²) >= 11 is 0. The zero-order valence-corrected chi connectivity index (χ0v) is 11.2. The lowest BCUT2D eigenvalue weighted by Crippen LogP contribution is -2.19. The zero-order valence-electron chi connectivity index (χ0n) is 11.2. The molecule has 16 heavy (non-hydrogen) atoms. The van der Waals surface area contributed by atoms with Gasteiger partial charge in [-0.05, 0) is 45.8 Å². The second kappa shape index (κ2) is 14.9. The molecule has 0 aliphatic heterocycles. The van der Waals surface area contributed by atoms with Crippen molar-refractivity contribution in [3.8, 4) is 0 Å². The molecule has 0 radical (unpaired) electrons. The van der Waals surface area contributed by atoms with Crippen molar-refractivity contribution in [2.75, 3.05) is 33.0 Å². The molecule has 0 rings (SSSR count). The van der Waals surface area contributed by atoms with Crippen LogP contribution in [0, 0.1) is 0 Å². The van der Waals surface area contributed by atoms with E-state index in [-0.39, 0.29) is 0 Å². The van der Waals surface area contributed by atoms with Gasteiger partial charge in [0.1, 0.15) is 0 Å². The standard InChI is InChI=1S/C13H30N2O/c1-3-5-10-14-11-8-6-7-9-12-15-13-16-4-2/h14-15H,3-13H2,1-2H3. The van der Waals surface area contributed by atoms with Crippen molar-refractivity contribution in [3.05, 3.63) is 0 Å². The molecule has 0 aliphatic carbocycles. The highest BCUT2D eigenvalue weighted by molar-refractivity contribution is 4.50. The van der Waals surface area contributed by atoms with E-state index in [1.807, 2.05) is 6.92 Å². The number of hydrogen-bond donors (Lipinski definition) is 2. The minimum absolute atomic E-state index is 0.703. The Bertz CT molecular complexity index is 107. The lowest BCUT2D eigenvalue weighted by Gasteiger charge is -2.05. The van der Waals surface area contributed by atoms with Gasteiger partial charge in [-0.2, -0.15) is 0 Å². The van der Waals surface area contributed by atoms with Gasteiger partial charge in [-0.15, -0.1) is 0 Å². The predicted molar refractivity (Wildman–Crippen MR) is 70.7 cm³/mol. The molecule has 0 bridgehead atoms. The Morgan fingerprint density at radius 1 is 0.750 bits per heavy atom.